The summed E-state index contributed by atoms with van der Waals surface area (Å²) in [7, 11) is 0. The Morgan fingerprint density at radius 2 is 0.875 bits per heavy atom. The van der Waals surface area contributed by atoms with Crippen molar-refractivity contribution in [3.63, 3.8) is 0 Å². The zero-order valence-corrected chi connectivity index (χ0v) is 27.5. The highest BCUT2D eigenvalue weighted by Crippen LogP contribution is 2.53. The number of carbonyl (C=O) groups is 1. The molecule has 0 aliphatic rings. The average Bonchev–Trinajstić information content (AvgIpc) is 2.77. The van der Waals surface area contributed by atoms with Crippen LogP contribution in [0.2, 0.25) is 0 Å². The van der Waals surface area contributed by atoms with E-state index in [2.05, 4.69) is 13.2 Å². The quantitative estimate of drug-likeness (QED) is 0.208. The van der Waals surface area contributed by atoms with Gasteiger partial charge in [-0.05, 0) is 55.0 Å². The Bertz CT molecular complexity index is 1170. The first-order valence-electron chi connectivity index (χ1n) is 13.8. The highest BCUT2D eigenvalue weighted by molar-refractivity contribution is 7.83. The van der Waals surface area contributed by atoms with Gasteiger partial charge in [-0.2, -0.15) is 12.6 Å². The van der Waals surface area contributed by atoms with Crippen LogP contribution in [0.1, 0.15) is 116 Å². The summed E-state index contributed by atoms with van der Waals surface area (Å²) in [5.41, 5.74) is 0.763. The van der Waals surface area contributed by atoms with Gasteiger partial charge in [-0.3, -0.25) is 4.79 Å². The Morgan fingerprint density at radius 1 is 0.625 bits per heavy atom. The van der Waals surface area contributed by atoms with Gasteiger partial charge in [0.05, 0.1) is 5.41 Å². The van der Waals surface area contributed by atoms with Crippen molar-refractivity contribution in [2.45, 2.75) is 115 Å². The van der Waals surface area contributed by atoms with Gasteiger partial charge in [0.2, 0.25) is 0 Å². The minimum atomic E-state index is -1.84. The summed E-state index contributed by atoms with van der Waals surface area (Å²) in [4.78, 5) is 13.2. The number of hydrogen-bond acceptors (Lipinski definition) is 4. The molecule has 2 rings (SSSR count). The summed E-state index contributed by atoms with van der Waals surface area (Å²) in [6, 6.07) is 7.52. The summed E-state index contributed by atoms with van der Waals surface area (Å²) in [6.07, 6.45) is 2.98. The van der Waals surface area contributed by atoms with Crippen LogP contribution in [0, 0.1) is 0 Å². The molecular weight excluding hydrogens is 516 g/mol. The van der Waals surface area contributed by atoms with Gasteiger partial charge in [-0.15, -0.1) is 13.2 Å². The van der Waals surface area contributed by atoms with Crippen molar-refractivity contribution < 1.29 is 20.1 Å². The number of aromatic hydroxyl groups is 2. The van der Waals surface area contributed by atoms with Crippen molar-refractivity contribution in [3.8, 4) is 11.5 Å². The molecule has 0 amide bonds. The lowest BCUT2D eigenvalue weighted by Gasteiger charge is -2.45. The van der Waals surface area contributed by atoms with Crippen molar-refractivity contribution in [2.24, 2.45) is 0 Å². The molecule has 40 heavy (non-hydrogen) atoms. The molecule has 0 saturated carbocycles. The standard InChI is InChI=1S/C35H50O4S/c1-15-34(35(40,16-2)29(38)39,21-17-23(30(3,4)5)27(36)24(18-21)31(6,7)8)22-19-25(32(9,10)11)28(37)26(20-22)33(12,13)14/h15-20,36-37,40H,1-2H2,3-14H3,(H,38,39). The predicted octanol–water partition coefficient (Wildman–Crippen LogP) is 8.70. The lowest BCUT2D eigenvalue weighted by molar-refractivity contribution is -0.139. The van der Waals surface area contributed by atoms with Crippen molar-refractivity contribution in [3.05, 3.63) is 83.0 Å². The summed E-state index contributed by atoms with van der Waals surface area (Å²) in [5, 5.41) is 33.7. The number of phenolic OH excluding ortho intramolecular Hbond substituents is 2. The number of benzene rings is 2. The van der Waals surface area contributed by atoms with E-state index in [9.17, 15) is 20.1 Å². The smallest absolute Gasteiger partial charge is 0.325 e. The van der Waals surface area contributed by atoms with E-state index in [4.69, 9.17) is 12.6 Å². The number of hydrogen-bond donors (Lipinski definition) is 4. The van der Waals surface area contributed by atoms with E-state index in [1.165, 1.54) is 6.08 Å². The van der Waals surface area contributed by atoms with Crippen LogP contribution in [0.4, 0.5) is 0 Å². The Balaban J connectivity index is 3.42. The third kappa shape index (κ3) is 5.59. The maximum Gasteiger partial charge on any atom is 0.325 e. The van der Waals surface area contributed by atoms with Crippen molar-refractivity contribution in [2.75, 3.05) is 0 Å². The number of carboxylic acid groups (broad SMARTS) is 1. The van der Waals surface area contributed by atoms with Gasteiger partial charge in [0.1, 0.15) is 16.2 Å². The first-order chi connectivity index (χ1) is 17.8. The monoisotopic (exact) mass is 566 g/mol. The van der Waals surface area contributed by atoms with Crippen LogP contribution in [0.15, 0.2) is 49.6 Å². The van der Waals surface area contributed by atoms with Gasteiger partial charge in [0.15, 0.2) is 0 Å². The van der Waals surface area contributed by atoms with Gasteiger partial charge in [0, 0.05) is 0 Å². The molecule has 0 fully saturated rings. The van der Waals surface area contributed by atoms with E-state index < -0.39 is 37.8 Å². The van der Waals surface area contributed by atoms with Gasteiger partial charge < -0.3 is 15.3 Å². The average molecular weight is 567 g/mol. The van der Waals surface area contributed by atoms with Crippen LogP contribution >= 0.6 is 12.6 Å². The maximum absolute atomic E-state index is 13.2. The number of rotatable bonds is 6. The highest BCUT2D eigenvalue weighted by Gasteiger charge is 2.54. The van der Waals surface area contributed by atoms with Crippen molar-refractivity contribution in [1.82, 2.24) is 0 Å². The highest BCUT2D eigenvalue weighted by atomic mass is 32.1. The topological polar surface area (TPSA) is 77.8 Å². The minimum absolute atomic E-state index is 0.192. The second kappa shape index (κ2) is 10.3. The number of allylic oxidation sites excluding steroid dienone is 1. The molecule has 0 radical (unpaired) electrons. The molecule has 2 aromatic carbocycles. The van der Waals surface area contributed by atoms with Crippen molar-refractivity contribution >= 4 is 18.6 Å². The van der Waals surface area contributed by atoms with E-state index in [1.54, 1.807) is 6.08 Å². The molecule has 0 saturated heterocycles. The Labute approximate surface area is 247 Å². The van der Waals surface area contributed by atoms with E-state index in [0.29, 0.717) is 33.4 Å². The second-order valence-corrected chi connectivity index (χ2v) is 15.8. The van der Waals surface area contributed by atoms with Gasteiger partial charge in [0.25, 0.3) is 0 Å². The van der Waals surface area contributed by atoms with E-state index in [0.717, 1.165) is 0 Å². The molecule has 0 spiro atoms. The summed E-state index contributed by atoms with van der Waals surface area (Å²) in [5.74, 6) is -0.801. The van der Waals surface area contributed by atoms with E-state index in [-0.39, 0.29) is 11.5 Å². The third-order valence-corrected chi connectivity index (χ3v) is 8.62. The molecule has 220 valence electrons. The summed E-state index contributed by atoms with van der Waals surface area (Å²) in [6.45, 7) is 32.3. The molecule has 0 aliphatic heterocycles. The molecule has 0 bridgehead atoms. The Hall–Kier alpha value is -2.66. The first-order valence-corrected chi connectivity index (χ1v) is 14.2. The molecule has 0 heterocycles. The molecule has 4 nitrogen and oxygen atoms in total. The second-order valence-electron chi connectivity index (χ2n) is 15.1. The van der Waals surface area contributed by atoms with Crippen LogP contribution in [-0.2, 0) is 31.9 Å². The van der Waals surface area contributed by atoms with Crippen LogP contribution in [0.5, 0.6) is 11.5 Å². The predicted molar refractivity (Wildman–Crippen MR) is 172 cm³/mol. The number of aliphatic carboxylic acids is 1. The number of thiol groups is 1. The van der Waals surface area contributed by atoms with Crippen LogP contribution in [0.25, 0.3) is 0 Å². The van der Waals surface area contributed by atoms with Crippen molar-refractivity contribution in [1.29, 1.82) is 0 Å². The van der Waals surface area contributed by atoms with E-state index in [1.807, 2.05) is 107 Å². The molecule has 1 atom stereocenters. The first kappa shape index (κ1) is 33.5. The van der Waals surface area contributed by atoms with Gasteiger partial charge >= 0.3 is 5.97 Å². The summed E-state index contributed by atoms with van der Waals surface area (Å²) >= 11 is 4.86. The van der Waals surface area contributed by atoms with Crippen LogP contribution in [0.3, 0.4) is 0 Å². The normalized spacial score (nSPS) is 14.9. The Kier molecular flexibility index (Phi) is 8.65. The van der Waals surface area contributed by atoms with Gasteiger partial charge in [-0.25, -0.2) is 0 Å². The van der Waals surface area contributed by atoms with Crippen LogP contribution in [-0.4, -0.2) is 26.0 Å². The minimum Gasteiger partial charge on any atom is -0.507 e. The fourth-order valence-electron chi connectivity index (χ4n) is 5.43. The molecular formula is C35H50O4S. The molecule has 0 aromatic heterocycles. The van der Waals surface area contributed by atoms with Crippen LogP contribution < -0.4 is 0 Å². The third-order valence-electron chi connectivity index (χ3n) is 7.89. The number of carboxylic acids is 1. The molecule has 1 unspecified atom stereocenters. The lowest BCUT2D eigenvalue weighted by atomic mass is 9.61. The van der Waals surface area contributed by atoms with Gasteiger partial charge in [-0.1, -0.05) is 120 Å². The zero-order valence-electron chi connectivity index (χ0n) is 26.6. The largest absolute Gasteiger partial charge is 0.507 e. The zero-order chi connectivity index (χ0) is 31.4. The van der Waals surface area contributed by atoms with E-state index >= 15 is 0 Å². The summed E-state index contributed by atoms with van der Waals surface area (Å²) < 4.78 is -1.84. The Morgan fingerprint density at radius 3 is 1.02 bits per heavy atom. The maximum atomic E-state index is 13.2. The lowest BCUT2D eigenvalue weighted by Crippen LogP contribution is -2.52. The SMILES string of the molecule is C=CC(S)(C(=O)O)C(C=C)(c1cc(C(C)(C)C)c(O)c(C(C)(C)C)c1)c1cc(C(C)(C)C)c(O)c(C(C)(C)C)c1. The fourth-order valence-corrected chi connectivity index (χ4v) is 5.78. The molecule has 0 aliphatic carbocycles. The molecule has 3 N–H and O–H groups in total. The fraction of sp³-hybridized carbons (Fsp3) is 0.514. The molecule has 2 aromatic rings. The number of phenols is 2. The molecule has 5 heteroatoms.